The lowest BCUT2D eigenvalue weighted by Crippen LogP contribution is -2.45. The van der Waals surface area contributed by atoms with Gasteiger partial charge in [0.25, 0.3) is 0 Å². The van der Waals surface area contributed by atoms with Crippen LogP contribution in [-0.4, -0.2) is 87.2 Å². The Morgan fingerprint density at radius 2 is 1.86 bits per heavy atom. The van der Waals surface area contributed by atoms with Crippen LogP contribution in [-0.2, 0) is 21.5 Å². The molecule has 1 saturated heterocycles. The van der Waals surface area contributed by atoms with Gasteiger partial charge in [0.1, 0.15) is 17.0 Å². The summed E-state index contributed by atoms with van der Waals surface area (Å²) in [5.41, 5.74) is -3.02. The largest absolute Gasteiger partial charge is 0.395 e. The first-order valence-electron chi connectivity index (χ1n) is 16.6. The van der Waals surface area contributed by atoms with Crippen molar-refractivity contribution in [3.05, 3.63) is 81.5 Å². The molecular weight excluding hydrogens is 705 g/mol. The van der Waals surface area contributed by atoms with Crippen LogP contribution in [0.2, 0.25) is 10.0 Å². The second-order valence-electron chi connectivity index (χ2n) is 14.8. The van der Waals surface area contributed by atoms with E-state index in [9.17, 15) is 25.4 Å². The van der Waals surface area contributed by atoms with Crippen LogP contribution in [0.1, 0.15) is 58.1 Å². The fourth-order valence-electron chi connectivity index (χ4n) is 6.58. The Balaban J connectivity index is 1.63. The predicted molar refractivity (Wildman–Crippen MR) is 190 cm³/mol. The summed E-state index contributed by atoms with van der Waals surface area (Å²) in [6, 6.07) is 9.63. The Morgan fingerprint density at radius 1 is 1.16 bits per heavy atom. The number of hydrogen-bond acceptors (Lipinski definition) is 9. The van der Waals surface area contributed by atoms with E-state index in [1.54, 1.807) is 30.8 Å². The second-order valence-corrected chi connectivity index (χ2v) is 15.6. The molecule has 0 bridgehead atoms. The Kier molecular flexibility index (Phi) is 13.2. The Labute approximate surface area is 306 Å². The van der Waals surface area contributed by atoms with Gasteiger partial charge in [-0.05, 0) is 49.4 Å². The number of ether oxygens (including phenoxy) is 1. The standard InChI is InChI=1S/C36H46Cl2F2N6O5/c1-34(2,3)14-28-36(19-41,25-10-9-21(37)13-27(25)39)30(24-7-6-8-26(38)31(24)40)32(43-28)33(50)44-29-11-12-46(45-29)20-35(4,5)51-18-23(49)15-42-22(16-47)17-48/h6-13,22-23,28,30,32,42-43,47-49H,14-18,20H2,1-5H3,(H,44,45,50)/t23-,28?,30?,32?,36?/m1/s1. The zero-order valence-corrected chi connectivity index (χ0v) is 30.8. The highest BCUT2D eigenvalue weighted by Gasteiger charge is 2.61. The monoisotopic (exact) mass is 750 g/mol. The maximum Gasteiger partial charge on any atom is 0.243 e. The number of halogens is 4. The van der Waals surface area contributed by atoms with Crippen LogP contribution in [0.5, 0.6) is 0 Å². The number of nitrogens with one attached hydrogen (secondary N) is 3. The SMILES string of the molecule is CC(C)(C)CC1NC(C(=O)Nc2ccn(CC(C)(C)OC[C@H](O)CNC(CO)CO)n2)C(c2cccc(Cl)c2F)C1(C#N)c1ccc(Cl)cc1F. The van der Waals surface area contributed by atoms with Crippen molar-refractivity contribution in [2.24, 2.45) is 5.41 Å². The lowest BCUT2D eigenvalue weighted by molar-refractivity contribution is -0.118. The molecule has 1 fully saturated rings. The number of nitriles is 1. The molecule has 3 aromatic rings. The molecule has 15 heteroatoms. The smallest absolute Gasteiger partial charge is 0.243 e. The van der Waals surface area contributed by atoms with Gasteiger partial charge in [-0.3, -0.25) is 9.48 Å². The summed E-state index contributed by atoms with van der Waals surface area (Å²) in [5.74, 6) is -3.26. The van der Waals surface area contributed by atoms with E-state index >= 15 is 8.78 Å². The van der Waals surface area contributed by atoms with Crippen molar-refractivity contribution in [2.45, 2.75) is 88.7 Å². The summed E-state index contributed by atoms with van der Waals surface area (Å²) < 4.78 is 39.3. The van der Waals surface area contributed by atoms with Crippen LogP contribution in [0.4, 0.5) is 14.6 Å². The molecule has 5 atom stereocenters. The van der Waals surface area contributed by atoms with E-state index in [0.717, 1.165) is 6.07 Å². The fourth-order valence-corrected chi connectivity index (χ4v) is 6.92. The molecule has 1 aliphatic heterocycles. The second kappa shape index (κ2) is 16.7. The van der Waals surface area contributed by atoms with Crippen molar-refractivity contribution in [3.63, 3.8) is 0 Å². The molecule has 0 radical (unpaired) electrons. The number of aliphatic hydroxyl groups excluding tert-OH is 3. The highest BCUT2D eigenvalue weighted by Crippen LogP contribution is 2.52. The van der Waals surface area contributed by atoms with Crippen LogP contribution in [0, 0.1) is 28.4 Å². The van der Waals surface area contributed by atoms with Gasteiger partial charge in [-0.1, -0.05) is 62.2 Å². The summed E-state index contributed by atoms with van der Waals surface area (Å²) >= 11 is 12.3. The highest BCUT2D eigenvalue weighted by molar-refractivity contribution is 6.31. The van der Waals surface area contributed by atoms with Crippen LogP contribution in [0.3, 0.4) is 0 Å². The van der Waals surface area contributed by atoms with Gasteiger partial charge in [0.05, 0.1) is 61.2 Å². The molecule has 0 spiro atoms. The van der Waals surface area contributed by atoms with Gasteiger partial charge in [-0.15, -0.1) is 0 Å². The number of anilines is 1. The first-order valence-corrected chi connectivity index (χ1v) is 17.4. The van der Waals surface area contributed by atoms with Gasteiger partial charge >= 0.3 is 0 Å². The first kappa shape index (κ1) is 40.6. The third-order valence-corrected chi connectivity index (χ3v) is 9.44. The lowest BCUT2D eigenvalue weighted by Gasteiger charge is -2.37. The quantitative estimate of drug-likeness (QED) is 0.131. The minimum atomic E-state index is -1.77. The summed E-state index contributed by atoms with van der Waals surface area (Å²) in [7, 11) is 0. The van der Waals surface area contributed by atoms with Crippen molar-refractivity contribution in [1.82, 2.24) is 20.4 Å². The van der Waals surface area contributed by atoms with Crippen molar-refractivity contribution in [3.8, 4) is 6.07 Å². The number of aromatic nitrogens is 2. The third kappa shape index (κ3) is 9.63. The molecule has 2 aromatic carbocycles. The summed E-state index contributed by atoms with van der Waals surface area (Å²) in [6.45, 7) is 9.22. The van der Waals surface area contributed by atoms with Gasteiger partial charge < -0.3 is 36.0 Å². The zero-order chi connectivity index (χ0) is 37.7. The molecule has 1 amide bonds. The molecule has 278 valence electrons. The Hall–Kier alpha value is -3.19. The Bertz CT molecular complexity index is 1710. The molecule has 1 aliphatic rings. The van der Waals surface area contributed by atoms with Crippen molar-refractivity contribution in [2.75, 3.05) is 31.7 Å². The zero-order valence-electron chi connectivity index (χ0n) is 29.3. The summed E-state index contributed by atoms with van der Waals surface area (Å²) in [4.78, 5) is 14.2. The minimum Gasteiger partial charge on any atom is -0.395 e. The van der Waals surface area contributed by atoms with Crippen molar-refractivity contribution >= 4 is 34.9 Å². The molecule has 2 heterocycles. The highest BCUT2D eigenvalue weighted by atomic mass is 35.5. The van der Waals surface area contributed by atoms with Gasteiger partial charge in [-0.2, -0.15) is 10.4 Å². The number of benzene rings is 2. The Morgan fingerprint density at radius 3 is 2.49 bits per heavy atom. The molecule has 1 aromatic heterocycles. The van der Waals surface area contributed by atoms with E-state index < -0.39 is 64.1 Å². The van der Waals surface area contributed by atoms with E-state index in [-0.39, 0.29) is 59.9 Å². The van der Waals surface area contributed by atoms with Gasteiger partial charge in [-0.25, -0.2) is 8.78 Å². The van der Waals surface area contributed by atoms with E-state index in [4.69, 9.17) is 27.9 Å². The van der Waals surface area contributed by atoms with Crippen molar-refractivity contribution < 1.29 is 33.6 Å². The number of aliphatic hydroxyl groups is 3. The van der Waals surface area contributed by atoms with Crippen LogP contribution < -0.4 is 16.0 Å². The average Bonchev–Trinajstić information content (AvgIpc) is 3.62. The maximum absolute atomic E-state index is 15.9. The molecular formula is C36H46Cl2F2N6O5. The van der Waals surface area contributed by atoms with Gasteiger partial charge in [0.2, 0.25) is 5.91 Å². The molecule has 4 unspecified atom stereocenters. The fraction of sp³-hybridized carbons (Fsp3) is 0.528. The van der Waals surface area contributed by atoms with E-state index in [1.807, 2.05) is 20.8 Å². The summed E-state index contributed by atoms with van der Waals surface area (Å²) in [6.07, 6.45) is 1.05. The number of rotatable bonds is 15. The van der Waals surface area contributed by atoms with E-state index in [0.29, 0.717) is 6.42 Å². The third-order valence-electron chi connectivity index (χ3n) is 8.92. The van der Waals surface area contributed by atoms with Crippen LogP contribution in [0.15, 0.2) is 48.7 Å². The molecule has 6 N–H and O–H groups in total. The van der Waals surface area contributed by atoms with Gasteiger partial charge in [0.15, 0.2) is 5.82 Å². The summed E-state index contributed by atoms with van der Waals surface area (Å²) in [5, 5.41) is 53.0. The van der Waals surface area contributed by atoms with Crippen molar-refractivity contribution in [1.29, 1.82) is 5.26 Å². The molecule has 51 heavy (non-hydrogen) atoms. The number of carbonyl (C=O) groups is 1. The van der Waals surface area contributed by atoms with Crippen LogP contribution >= 0.6 is 23.2 Å². The molecule has 11 nitrogen and oxygen atoms in total. The normalized spacial score (nSPS) is 21.5. The first-order chi connectivity index (χ1) is 23.9. The molecule has 0 saturated carbocycles. The average molecular weight is 752 g/mol. The molecule has 4 rings (SSSR count). The predicted octanol–water partition coefficient (Wildman–Crippen LogP) is 4.53. The van der Waals surface area contributed by atoms with E-state index in [1.165, 1.54) is 30.3 Å². The van der Waals surface area contributed by atoms with Gasteiger partial charge in [0, 0.05) is 41.4 Å². The number of nitrogens with zero attached hydrogens (tertiary/aromatic N) is 3. The minimum absolute atomic E-state index is 0.0208. The number of carbonyl (C=O) groups excluding carboxylic acids is 1. The topological polar surface area (TPSA) is 165 Å². The van der Waals surface area contributed by atoms with E-state index in [2.05, 4.69) is 27.1 Å². The maximum atomic E-state index is 15.9. The number of hydrogen-bond donors (Lipinski definition) is 6. The molecule has 0 aliphatic carbocycles. The number of amides is 1. The van der Waals surface area contributed by atoms with Crippen LogP contribution in [0.25, 0.3) is 0 Å². The lowest BCUT2D eigenvalue weighted by atomic mass is 9.62.